The van der Waals surface area contributed by atoms with Gasteiger partial charge in [0.05, 0.1) is 0 Å². The summed E-state index contributed by atoms with van der Waals surface area (Å²) < 4.78 is 0. The van der Waals surface area contributed by atoms with E-state index < -0.39 is 0 Å². The third-order valence-electron chi connectivity index (χ3n) is 2.08. The first-order chi connectivity index (χ1) is 6.68. The van der Waals surface area contributed by atoms with Crippen LogP contribution in [-0.2, 0) is 0 Å². The van der Waals surface area contributed by atoms with Crippen molar-refractivity contribution in [3.63, 3.8) is 0 Å². The third kappa shape index (κ3) is 4.08. The second kappa shape index (κ2) is 5.43. The van der Waals surface area contributed by atoms with Crippen molar-refractivity contribution in [3.8, 4) is 0 Å². The Hall–Kier alpha value is -1.30. The van der Waals surface area contributed by atoms with Crippen molar-refractivity contribution < 1.29 is 0 Å². The van der Waals surface area contributed by atoms with E-state index in [4.69, 9.17) is 0 Å². The maximum atomic E-state index is 2.25. The molecule has 0 saturated carbocycles. The first kappa shape index (κ1) is 10.8. The van der Waals surface area contributed by atoms with E-state index in [2.05, 4.69) is 63.3 Å². The number of hydrogen-bond donors (Lipinski definition) is 0. The average Bonchev–Trinajstić information content (AvgIpc) is 2.63. The molecule has 0 radical (unpaired) electrons. The van der Waals surface area contributed by atoms with Crippen LogP contribution in [0.3, 0.4) is 0 Å². The topological polar surface area (TPSA) is 0 Å². The van der Waals surface area contributed by atoms with E-state index in [1.165, 1.54) is 16.7 Å². The second-order valence-electron chi connectivity index (χ2n) is 3.88. The smallest absolute Gasteiger partial charge is 0.0136 e. The lowest BCUT2D eigenvalue weighted by atomic mass is 10.1. The van der Waals surface area contributed by atoms with Crippen molar-refractivity contribution in [2.45, 2.75) is 27.2 Å². The maximum absolute atomic E-state index is 2.25. The van der Waals surface area contributed by atoms with Crippen molar-refractivity contribution in [2.75, 3.05) is 0 Å². The van der Waals surface area contributed by atoms with Crippen LogP contribution < -0.4 is 0 Å². The van der Waals surface area contributed by atoms with Gasteiger partial charge in [0.1, 0.15) is 0 Å². The molecule has 0 aromatic heterocycles. The Morgan fingerprint density at radius 2 is 1.79 bits per heavy atom. The van der Waals surface area contributed by atoms with Crippen molar-refractivity contribution in [1.82, 2.24) is 0 Å². The molecule has 0 nitrogen and oxygen atoms in total. The summed E-state index contributed by atoms with van der Waals surface area (Å²) in [5.74, 6) is 0. The summed E-state index contributed by atoms with van der Waals surface area (Å²) in [6.07, 6.45) is 16.0. The summed E-state index contributed by atoms with van der Waals surface area (Å²) in [6.45, 7) is 6.43. The van der Waals surface area contributed by atoms with E-state index in [1.807, 2.05) is 0 Å². The van der Waals surface area contributed by atoms with Crippen LogP contribution in [0.25, 0.3) is 0 Å². The molecule has 0 atom stereocenters. The molecule has 1 rings (SSSR count). The third-order valence-corrected chi connectivity index (χ3v) is 2.08. The largest absolute Gasteiger partial charge is 0.0818 e. The minimum absolute atomic E-state index is 1.06. The highest BCUT2D eigenvalue weighted by Gasteiger charge is 1.89. The average molecular weight is 186 g/mol. The zero-order valence-electron chi connectivity index (χ0n) is 9.25. The van der Waals surface area contributed by atoms with Crippen LogP contribution in [0.5, 0.6) is 0 Å². The van der Waals surface area contributed by atoms with Crippen LogP contribution in [-0.4, -0.2) is 0 Å². The van der Waals surface area contributed by atoms with E-state index >= 15 is 0 Å². The lowest BCUT2D eigenvalue weighted by Gasteiger charge is -1.94. The van der Waals surface area contributed by atoms with Crippen molar-refractivity contribution in [3.05, 3.63) is 59.3 Å². The lowest BCUT2D eigenvalue weighted by Crippen LogP contribution is -1.74. The van der Waals surface area contributed by atoms with Gasteiger partial charge in [0.25, 0.3) is 0 Å². The fourth-order valence-corrected chi connectivity index (χ4v) is 1.17. The Labute approximate surface area is 87.0 Å². The number of hydrogen-bond acceptors (Lipinski definition) is 0. The summed E-state index contributed by atoms with van der Waals surface area (Å²) in [5, 5.41) is 0. The van der Waals surface area contributed by atoms with Gasteiger partial charge < -0.3 is 0 Å². The fourth-order valence-electron chi connectivity index (χ4n) is 1.17. The molecule has 74 valence electrons. The Morgan fingerprint density at radius 1 is 1.14 bits per heavy atom. The highest BCUT2D eigenvalue weighted by Crippen LogP contribution is 2.09. The van der Waals surface area contributed by atoms with Crippen LogP contribution in [0.2, 0.25) is 0 Å². The van der Waals surface area contributed by atoms with Gasteiger partial charge in [-0.2, -0.15) is 0 Å². The second-order valence-corrected chi connectivity index (χ2v) is 3.88. The molecule has 0 aromatic rings. The summed E-state index contributed by atoms with van der Waals surface area (Å²) in [4.78, 5) is 0. The zero-order chi connectivity index (χ0) is 10.4. The van der Waals surface area contributed by atoms with Gasteiger partial charge in [-0.3, -0.25) is 0 Å². The molecule has 0 bridgehead atoms. The van der Waals surface area contributed by atoms with Gasteiger partial charge in [-0.1, -0.05) is 53.7 Å². The SMILES string of the molecule is CC(C)=CCC(C)=CC=C1C=CC=C1. The molecule has 0 unspecified atom stereocenters. The Bertz CT molecular complexity index is 315. The molecule has 0 heteroatoms. The monoisotopic (exact) mass is 186 g/mol. The summed E-state index contributed by atoms with van der Waals surface area (Å²) in [5.41, 5.74) is 4.06. The molecule has 0 heterocycles. The number of rotatable bonds is 3. The quantitative estimate of drug-likeness (QED) is 0.575. The molecule has 1 aliphatic rings. The van der Waals surface area contributed by atoms with Crippen molar-refractivity contribution >= 4 is 0 Å². The molecule has 0 amide bonds. The van der Waals surface area contributed by atoms with E-state index in [-0.39, 0.29) is 0 Å². The van der Waals surface area contributed by atoms with Gasteiger partial charge in [-0.05, 0) is 32.8 Å². The summed E-state index contributed by atoms with van der Waals surface area (Å²) >= 11 is 0. The van der Waals surface area contributed by atoms with Crippen molar-refractivity contribution in [2.24, 2.45) is 0 Å². The molecule has 0 aromatic carbocycles. The molecule has 1 aliphatic carbocycles. The van der Waals surface area contributed by atoms with Crippen LogP contribution in [0.4, 0.5) is 0 Å². The van der Waals surface area contributed by atoms with Gasteiger partial charge in [0, 0.05) is 0 Å². The molecule has 0 aliphatic heterocycles. The highest BCUT2D eigenvalue weighted by atomic mass is 14.0. The Morgan fingerprint density at radius 3 is 2.36 bits per heavy atom. The molecule has 0 fully saturated rings. The van der Waals surface area contributed by atoms with E-state index in [0.717, 1.165) is 6.42 Å². The predicted molar refractivity (Wildman–Crippen MR) is 64.2 cm³/mol. The van der Waals surface area contributed by atoms with E-state index in [9.17, 15) is 0 Å². The standard InChI is InChI=1S/C14H18/c1-12(2)8-9-13(3)10-11-14-6-4-5-7-14/h4-8,10-11H,9H2,1-3H3. The molecule has 0 N–H and O–H groups in total. The van der Waals surface area contributed by atoms with E-state index in [1.54, 1.807) is 0 Å². The normalized spacial score (nSPS) is 14.8. The summed E-state index contributed by atoms with van der Waals surface area (Å²) in [6, 6.07) is 0. The molecule has 14 heavy (non-hydrogen) atoms. The van der Waals surface area contributed by atoms with Gasteiger partial charge >= 0.3 is 0 Å². The van der Waals surface area contributed by atoms with Crippen LogP contribution in [0, 0.1) is 0 Å². The van der Waals surface area contributed by atoms with Crippen molar-refractivity contribution in [1.29, 1.82) is 0 Å². The molecule has 0 saturated heterocycles. The zero-order valence-corrected chi connectivity index (χ0v) is 9.25. The first-order valence-corrected chi connectivity index (χ1v) is 5.04. The van der Waals surface area contributed by atoms with Gasteiger partial charge in [0.2, 0.25) is 0 Å². The number of allylic oxidation sites excluding steroid dienone is 10. The lowest BCUT2D eigenvalue weighted by molar-refractivity contribution is 1.17. The first-order valence-electron chi connectivity index (χ1n) is 5.04. The fraction of sp³-hybridized carbons (Fsp3) is 0.286. The van der Waals surface area contributed by atoms with E-state index in [0.29, 0.717) is 0 Å². The molecular formula is C14H18. The minimum Gasteiger partial charge on any atom is -0.0818 e. The Kier molecular flexibility index (Phi) is 4.18. The van der Waals surface area contributed by atoms with Crippen LogP contribution in [0.1, 0.15) is 27.2 Å². The minimum atomic E-state index is 1.06. The molecular weight excluding hydrogens is 168 g/mol. The van der Waals surface area contributed by atoms with Crippen LogP contribution in [0.15, 0.2) is 59.3 Å². The van der Waals surface area contributed by atoms with Crippen LogP contribution >= 0.6 is 0 Å². The predicted octanol–water partition coefficient (Wildman–Crippen LogP) is 4.34. The molecule has 0 spiro atoms. The van der Waals surface area contributed by atoms with Gasteiger partial charge in [-0.25, -0.2) is 0 Å². The van der Waals surface area contributed by atoms with Gasteiger partial charge in [-0.15, -0.1) is 0 Å². The van der Waals surface area contributed by atoms with Gasteiger partial charge in [0.15, 0.2) is 0 Å². The maximum Gasteiger partial charge on any atom is -0.0136 e. The Balaban J connectivity index is 2.52. The summed E-state index contributed by atoms with van der Waals surface area (Å²) in [7, 11) is 0. The highest BCUT2D eigenvalue weighted by molar-refractivity contribution is 5.42.